The van der Waals surface area contributed by atoms with Crippen LogP contribution < -0.4 is 16.8 Å². The number of hydrogen-bond acceptors (Lipinski definition) is 8. The molecule has 4 aromatic rings. The Hall–Kier alpha value is -4.02. The maximum atomic E-state index is 11.6. The monoisotopic (exact) mass is 350 g/mol. The normalized spacial score (nSPS) is 11.0. The van der Waals surface area contributed by atoms with Crippen molar-refractivity contribution in [3.63, 3.8) is 0 Å². The number of aromatic amines is 1. The summed E-state index contributed by atoms with van der Waals surface area (Å²) >= 11 is 0. The molecule has 0 aliphatic rings. The molecule has 1 amide bonds. The lowest BCUT2D eigenvalue weighted by molar-refractivity contribution is 0.1000. The van der Waals surface area contributed by atoms with Crippen molar-refractivity contribution < 1.29 is 4.79 Å². The first-order valence-corrected chi connectivity index (χ1v) is 7.58. The fourth-order valence-corrected chi connectivity index (χ4v) is 2.55. The number of aryl methyl sites for hydroxylation is 1. The molecule has 0 saturated carbocycles. The van der Waals surface area contributed by atoms with Crippen LogP contribution in [0.3, 0.4) is 0 Å². The Morgan fingerprint density at radius 2 is 2.04 bits per heavy atom. The summed E-state index contributed by atoms with van der Waals surface area (Å²) in [6.07, 6.45) is 3.18. The SMILES string of the molecule is Cc1nc(N)nc(-c2c(Nc3ccn[nH]3)nc3ccc(C(N)=O)cn23)n1. The molecule has 11 heteroatoms. The molecule has 0 bridgehead atoms. The molecule has 0 aliphatic carbocycles. The summed E-state index contributed by atoms with van der Waals surface area (Å²) in [7, 11) is 0. The molecule has 0 atom stereocenters. The van der Waals surface area contributed by atoms with Gasteiger partial charge in [0.15, 0.2) is 11.6 Å². The predicted molar refractivity (Wildman–Crippen MR) is 93.6 cm³/mol. The highest BCUT2D eigenvalue weighted by Crippen LogP contribution is 2.29. The van der Waals surface area contributed by atoms with E-state index in [9.17, 15) is 4.79 Å². The van der Waals surface area contributed by atoms with Gasteiger partial charge in [-0.2, -0.15) is 15.1 Å². The van der Waals surface area contributed by atoms with E-state index in [1.54, 1.807) is 41.9 Å². The average Bonchev–Trinajstić information content (AvgIpc) is 3.20. The van der Waals surface area contributed by atoms with Crippen molar-refractivity contribution in [3.8, 4) is 11.5 Å². The van der Waals surface area contributed by atoms with Crippen molar-refractivity contribution in [3.05, 3.63) is 42.0 Å². The molecule has 4 rings (SSSR count). The molecule has 0 radical (unpaired) electrons. The van der Waals surface area contributed by atoms with Crippen LogP contribution in [-0.4, -0.2) is 40.4 Å². The number of nitrogens with one attached hydrogen (secondary N) is 2. The smallest absolute Gasteiger partial charge is 0.250 e. The van der Waals surface area contributed by atoms with E-state index in [1.807, 2.05) is 0 Å². The fourth-order valence-electron chi connectivity index (χ4n) is 2.55. The first-order valence-electron chi connectivity index (χ1n) is 7.58. The topological polar surface area (TPSA) is 166 Å². The zero-order valence-corrected chi connectivity index (χ0v) is 13.6. The number of fused-ring (bicyclic) bond motifs is 1. The third-order valence-corrected chi connectivity index (χ3v) is 3.63. The van der Waals surface area contributed by atoms with Gasteiger partial charge in [-0.05, 0) is 19.1 Å². The highest BCUT2D eigenvalue weighted by molar-refractivity contribution is 5.93. The van der Waals surface area contributed by atoms with Crippen LogP contribution in [0.5, 0.6) is 0 Å². The van der Waals surface area contributed by atoms with Crippen LogP contribution in [0.1, 0.15) is 16.2 Å². The highest BCUT2D eigenvalue weighted by Gasteiger charge is 2.19. The first-order chi connectivity index (χ1) is 12.5. The standard InChI is InChI=1S/C15H14N10O/c1-7-19-13(23-15(17)20-7)11-14(21-9-4-5-18-24-9)22-10-3-2-8(12(16)26)6-25(10)11/h2-6H,1H3,(H2,16,26)(H2,18,21,24)(H2,17,19,20,23). The molecule has 0 unspecified atom stereocenters. The van der Waals surface area contributed by atoms with Gasteiger partial charge < -0.3 is 16.8 Å². The number of H-pyrrole nitrogens is 1. The molecule has 130 valence electrons. The summed E-state index contributed by atoms with van der Waals surface area (Å²) in [6, 6.07) is 5.02. The zero-order valence-electron chi connectivity index (χ0n) is 13.6. The van der Waals surface area contributed by atoms with Crippen LogP contribution in [0.25, 0.3) is 17.2 Å². The van der Waals surface area contributed by atoms with E-state index in [4.69, 9.17) is 11.5 Å². The van der Waals surface area contributed by atoms with Crippen molar-refractivity contribution in [2.24, 2.45) is 5.73 Å². The van der Waals surface area contributed by atoms with Crippen LogP contribution in [0.15, 0.2) is 30.6 Å². The van der Waals surface area contributed by atoms with Gasteiger partial charge >= 0.3 is 0 Å². The molecular formula is C15H14N10O. The molecule has 11 nitrogen and oxygen atoms in total. The summed E-state index contributed by atoms with van der Waals surface area (Å²) in [5.41, 5.74) is 12.6. The quantitative estimate of drug-likeness (QED) is 0.416. The Kier molecular flexibility index (Phi) is 3.46. The van der Waals surface area contributed by atoms with Crippen molar-refractivity contribution in [2.45, 2.75) is 6.92 Å². The second-order valence-corrected chi connectivity index (χ2v) is 5.48. The van der Waals surface area contributed by atoms with Gasteiger partial charge in [0.2, 0.25) is 11.9 Å². The number of anilines is 3. The number of imidazole rings is 1. The largest absolute Gasteiger partial charge is 0.368 e. The van der Waals surface area contributed by atoms with Crippen LogP contribution in [0.2, 0.25) is 0 Å². The number of pyridine rings is 1. The van der Waals surface area contributed by atoms with Gasteiger partial charge in [0.25, 0.3) is 0 Å². The molecule has 0 saturated heterocycles. The number of nitrogen functional groups attached to an aromatic ring is 1. The van der Waals surface area contributed by atoms with E-state index in [0.29, 0.717) is 40.2 Å². The Morgan fingerprint density at radius 1 is 1.19 bits per heavy atom. The molecule has 0 aliphatic heterocycles. The predicted octanol–water partition coefficient (Wildman–Crippen LogP) is 0.643. The van der Waals surface area contributed by atoms with Gasteiger partial charge in [0.05, 0.1) is 11.8 Å². The van der Waals surface area contributed by atoms with E-state index < -0.39 is 5.91 Å². The van der Waals surface area contributed by atoms with Gasteiger partial charge in [-0.25, -0.2) is 9.97 Å². The van der Waals surface area contributed by atoms with Crippen molar-refractivity contribution in [2.75, 3.05) is 11.1 Å². The molecule has 0 spiro atoms. The third kappa shape index (κ3) is 2.66. The van der Waals surface area contributed by atoms with Crippen LogP contribution in [0.4, 0.5) is 17.6 Å². The van der Waals surface area contributed by atoms with E-state index in [1.165, 1.54) is 0 Å². The number of carbonyl (C=O) groups is 1. The second-order valence-electron chi connectivity index (χ2n) is 5.48. The minimum atomic E-state index is -0.555. The minimum absolute atomic E-state index is 0.0843. The number of rotatable bonds is 4. The van der Waals surface area contributed by atoms with Gasteiger partial charge in [0.1, 0.15) is 23.0 Å². The second kappa shape index (κ2) is 5.81. The number of carbonyl (C=O) groups excluding carboxylic acids is 1. The van der Waals surface area contributed by atoms with Gasteiger partial charge in [0, 0.05) is 12.3 Å². The number of nitrogens with zero attached hydrogens (tertiary/aromatic N) is 6. The minimum Gasteiger partial charge on any atom is -0.368 e. The van der Waals surface area contributed by atoms with E-state index in [0.717, 1.165) is 0 Å². The van der Waals surface area contributed by atoms with Crippen molar-refractivity contribution in [1.29, 1.82) is 0 Å². The molecule has 26 heavy (non-hydrogen) atoms. The Balaban J connectivity index is 1.98. The Labute approximate surface area is 146 Å². The Bertz CT molecular complexity index is 1090. The lowest BCUT2D eigenvalue weighted by atomic mass is 10.2. The summed E-state index contributed by atoms with van der Waals surface area (Å²) < 4.78 is 1.67. The number of nitrogens with two attached hydrogens (primary N) is 2. The average molecular weight is 350 g/mol. The lowest BCUT2D eigenvalue weighted by Gasteiger charge is -2.07. The van der Waals surface area contributed by atoms with Gasteiger partial charge in [-0.3, -0.25) is 14.3 Å². The lowest BCUT2D eigenvalue weighted by Crippen LogP contribution is -2.12. The molecule has 6 N–H and O–H groups in total. The van der Waals surface area contributed by atoms with Crippen molar-refractivity contribution in [1.82, 2.24) is 34.5 Å². The number of aromatic nitrogens is 7. The third-order valence-electron chi connectivity index (χ3n) is 3.63. The maximum absolute atomic E-state index is 11.6. The Morgan fingerprint density at radius 3 is 2.73 bits per heavy atom. The first kappa shape index (κ1) is 15.5. The summed E-state index contributed by atoms with van der Waals surface area (Å²) in [5.74, 6) is 1.39. The number of hydrogen-bond donors (Lipinski definition) is 4. The fraction of sp³-hybridized carbons (Fsp3) is 0.0667. The summed E-state index contributed by atoms with van der Waals surface area (Å²) in [4.78, 5) is 28.6. The van der Waals surface area contributed by atoms with Crippen LogP contribution in [0, 0.1) is 6.92 Å². The van der Waals surface area contributed by atoms with E-state index in [-0.39, 0.29) is 5.95 Å². The molecule has 4 heterocycles. The summed E-state index contributed by atoms with van der Waals surface area (Å²) in [6.45, 7) is 1.71. The highest BCUT2D eigenvalue weighted by atomic mass is 16.1. The van der Waals surface area contributed by atoms with Gasteiger partial charge in [-0.1, -0.05) is 0 Å². The van der Waals surface area contributed by atoms with Crippen molar-refractivity contribution >= 4 is 29.1 Å². The molecule has 0 fully saturated rings. The summed E-state index contributed by atoms with van der Waals surface area (Å²) in [5, 5.41) is 9.82. The van der Waals surface area contributed by atoms with E-state index >= 15 is 0 Å². The van der Waals surface area contributed by atoms with Gasteiger partial charge in [-0.15, -0.1) is 0 Å². The van der Waals surface area contributed by atoms with E-state index in [2.05, 4.69) is 35.5 Å². The molecular weight excluding hydrogens is 336 g/mol. The number of primary amides is 1. The number of amides is 1. The molecule has 4 aromatic heterocycles. The zero-order chi connectivity index (χ0) is 18.3. The molecule has 0 aromatic carbocycles. The maximum Gasteiger partial charge on any atom is 0.250 e. The van der Waals surface area contributed by atoms with Crippen LogP contribution in [-0.2, 0) is 0 Å². The van der Waals surface area contributed by atoms with Crippen LogP contribution >= 0.6 is 0 Å².